The zero-order valence-corrected chi connectivity index (χ0v) is 37.5. The molecule has 374 valence electrons. The number of hydrogen-bond donors (Lipinski definition) is 15. The number of benzene rings is 1. The fourth-order valence-electron chi connectivity index (χ4n) is 6.80. The van der Waals surface area contributed by atoms with E-state index in [0.29, 0.717) is 24.9 Å². The number of phenols is 1. The number of likely N-dealkylation sites (tertiary alicyclic amines) is 1. The van der Waals surface area contributed by atoms with Gasteiger partial charge < -0.3 is 85.3 Å². The Morgan fingerprint density at radius 3 is 1.79 bits per heavy atom. The fourth-order valence-corrected chi connectivity index (χ4v) is 6.80. The summed E-state index contributed by atoms with van der Waals surface area (Å²) in [6, 6.07) is -6.42. The average molecular weight is 951 g/mol. The molecule has 0 unspecified atom stereocenters. The van der Waals surface area contributed by atoms with E-state index in [1.807, 2.05) is 0 Å². The normalized spacial score (nSPS) is 16.5. The number of nitrogens with zero attached hydrogens (tertiary/aromatic N) is 2. The Morgan fingerprint density at radius 2 is 1.24 bits per heavy atom. The number of aliphatic hydroxyl groups excluding tert-OH is 2. The SMILES string of the molecule is CC(C)[C@H](N)C(=O)N[C@@H](CCCCN)C(=O)N[C@@H](CO)C(=O)N1CCC[C@H]1C(=O)N[C@@H](CCCN=C(N)N)C(=O)N[C@@H](CC(=O)O)C(=O)N[C@@H](Cc1ccc(O)cc1)C(=O)N[C@@H](CO)C(=O)O. The molecule has 0 bridgehead atoms. The van der Waals surface area contributed by atoms with E-state index in [1.54, 1.807) is 13.8 Å². The number of carbonyl (C=O) groups excluding carboxylic acids is 7. The van der Waals surface area contributed by atoms with Crippen molar-refractivity contribution in [2.45, 2.75) is 120 Å². The van der Waals surface area contributed by atoms with Gasteiger partial charge in [-0.05, 0) is 75.1 Å². The number of amides is 7. The minimum Gasteiger partial charge on any atom is -0.508 e. The second-order valence-electron chi connectivity index (χ2n) is 16.2. The second-order valence-corrected chi connectivity index (χ2v) is 16.2. The van der Waals surface area contributed by atoms with E-state index in [4.69, 9.17) is 22.9 Å². The molecular weight excluding hydrogens is 885 g/mol. The molecule has 0 spiro atoms. The average Bonchev–Trinajstić information content (AvgIpc) is 3.77. The number of aliphatic imine (C=N–C) groups is 1. The van der Waals surface area contributed by atoms with Crippen molar-refractivity contribution >= 4 is 59.2 Å². The molecule has 1 saturated heterocycles. The molecule has 0 aromatic heterocycles. The summed E-state index contributed by atoms with van der Waals surface area (Å²) in [5.74, 6) is -10.4. The van der Waals surface area contributed by atoms with Crippen LogP contribution in [0.3, 0.4) is 0 Å². The summed E-state index contributed by atoms with van der Waals surface area (Å²) in [6.45, 7) is 1.80. The van der Waals surface area contributed by atoms with E-state index < -0.39 is 121 Å². The maximum atomic E-state index is 14.0. The maximum absolute atomic E-state index is 14.0. The number of guanidine groups is 1. The molecule has 19 N–H and O–H groups in total. The zero-order chi connectivity index (χ0) is 50.4. The number of aliphatic carboxylic acids is 2. The number of rotatable bonds is 29. The third-order valence-electron chi connectivity index (χ3n) is 10.6. The number of carboxylic acids is 2. The lowest BCUT2D eigenvalue weighted by Crippen LogP contribution is -2.60. The standard InChI is InChI=1S/C41H66N12O14/c1-21(2)32(43)38(64)48-24(7-3-4-14-42)34(60)51-28(19-54)39(65)53-16-6-9-30(53)37(63)47-25(8-5-15-46-41(44)45)33(59)50-27(18-31(57)58)36(62)49-26(17-22-10-12-23(56)13-11-22)35(61)52-29(20-55)40(66)67/h10-13,21,24-30,32,54-56H,3-9,14-20,42-43H2,1-2H3,(H,47,63)(H,48,64)(H,49,62)(H,50,59)(H,51,60)(H,52,61)(H,57,58)(H,66,67)(H4,44,45,46)/t24-,25-,26-,27-,28-,29-,30-,32-/m0/s1. The highest BCUT2D eigenvalue weighted by molar-refractivity contribution is 5.98. The van der Waals surface area contributed by atoms with Crippen molar-refractivity contribution in [3.8, 4) is 5.75 Å². The van der Waals surface area contributed by atoms with E-state index in [-0.39, 0.29) is 69.2 Å². The van der Waals surface area contributed by atoms with Gasteiger partial charge in [-0.25, -0.2) is 4.79 Å². The molecule has 1 aromatic carbocycles. The van der Waals surface area contributed by atoms with E-state index in [1.165, 1.54) is 24.3 Å². The predicted molar refractivity (Wildman–Crippen MR) is 238 cm³/mol. The van der Waals surface area contributed by atoms with Gasteiger partial charge in [-0.15, -0.1) is 0 Å². The minimum absolute atomic E-state index is 0.00415. The zero-order valence-electron chi connectivity index (χ0n) is 37.5. The Hall–Kier alpha value is -6.64. The van der Waals surface area contributed by atoms with Crippen molar-refractivity contribution in [1.29, 1.82) is 0 Å². The summed E-state index contributed by atoms with van der Waals surface area (Å²) in [7, 11) is 0. The molecule has 1 aromatic rings. The quantitative estimate of drug-likeness (QED) is 0.0202. The van der Waals surface area contributed by atoms with Gasteiger partial charge in [-0.1, -0.05) is 26.0 Å². The van der Waals surface area contributed by atoms with Gasteiger partial charge >= 0.3 is 11.9 Å². The molecule has 0 aliphatic carbocycles. The van der Waals surface area contributed by atoms with Crippen LogP contribution in [0.4, 0.5) is 0 Å². The Kier molecular flexibility index (Phi) is 24.0. The lowest BCUT2D eigenvalue weighted by atomic mass is 10.0. The molecule has 0 saturated carbocycles. The summed E-state index contributed by atoms with van der Waals surface area (Å²) < 4.78 is 0. The first-order chi connectivity index (χ1) is 31.6. The highest BCUT2D eigenvalue weighted by atomic mass is 16.4. The number of unbranched alkanes of at least 4 members (excludes halogenated alkanes) is 1. The molecule has 8 atom stereocenters. The van der Waals surface area contributed by atoms with E-state index in [2.05, 4.69) is 36.9 Å². The van der Waals surface area contributed by atoms with Crippen molar-refractivity contribution in [2.24, 2.45) is 33.8 Å². The number of phenolic OH excluding ortho intramolecular Hbond substituents is 1. The number of aliphatic hydroxyl groups is 2. The van der Waals surface area contributed by atoms with Crippen molar-refractivity contribution in [3.05, 3.63) is 29.8 Å². The molecule has 1 aliphatic rings. The first kappa shape index (κ1) is 56.5. The first-order valence-corrected chi connectivity index (χ1v) is 21.7. The molecule has 1 fully saturated rings. The monoisotopic (exact) mass is 950 g/mol. The predicted octanol–water partition coefficient (Wildman–Crippen LogP) is -5.46. The Balaban J connectivity index is 2.37. The van der Waals surface area contributed by atoms with Crippen LogP contribution < -0.4 is 54.8 Å². The first-order valence-electron chi connectivity index (χ1n) is 21.7. The van der Waals surface area contributed by atoms with Crippen LogP contribution in [-0.4, -0.2) is 171 Å². The number of nitrogens with two attached hydrogens (primary N) is 4. The van der Waals surface area contributed by atoms with Gasteiger partial charge in [0, 0.05) is 19.5 Å². The smallest absolute Gasteiger partial charge is 0.328 e. The number of carboxylic acid groups (broad SMARTS) is 2. The van der Waals surface area contributed by atoms with Crippen LogP contribution in [0.2, 0.25) is 0 Å². The fraction of sp³-hybridized carbons (Fsp3) is 0.610. The van der Waals surface area contributed by atoms with Gasteiger partial charge in [0.15, 0.2) is 5.96 Å². The third-order valence-corrected chi connectivity index (χ3v) is 10.6. The topological polar surface area (TPSA) is 447 Å². The number of hydrogen-bond acceptors (Lipinski definition) is 15. The van der Waals surface area contributed by atoms with Crippen LogP contribution in [0.5, 0.6) is 5.75 Å². The second kappa shape index (κ2) is 28.4. The highest BCUT2D eigenvalue weighted by Crippen LogP contribution is 2.20. The molecule has 67 heavy (non-hydrogen) atoms. The number of aromatic hydroxyl groups is 1. The van der Waals surface area contributed by atoms with Gasteiger partial charge in [0.25, 0.3) is 0 Å². The lowest BCUT2D eigenvalue weighted by molar-refractivity contribution is -0.144. The molecule has 0 radical (unpaired) electrons. The molecule has 2 rings (SSSR count). The van der Waals surface area contributed by atoms with Crippen molar-refractivity contribution in [3.63, 3.8) is 0 Å². The Labute approximate surface area is 386 Å². The summed E-state index contributed by atoms with van der Waals surface area (Å²) >= 11 is 0. The maximum Gasteiger partial charge on any atom is 0.328 e. The van der Waals surface area contributed by atoms with E-state index >= 15 is 0 Å². The van der Waals surface area contributed by atoms with Crippen LogP contribution in [0.15, 0.2) is 29.3 Å². The van der Waals surface area contributed by atoms with E-state index in [9.17, 15) is 68.7 Å². The van der Waals surface area contributed by atoms with Crippen LogP contribution in [-0.2, 0) is 49.6 Å². The summed E-state index contributed by atoms with van der Waals surface area (Å²) in [5, 5.41) is 62.8. The number of carbonyl (C=O) groups is 9. The lowest BCUT2D eigenvalue weighted by Gasteiger charge is -2.30. The van der Waals surface area contributed by atoms with Crippen LogP contribution >= 0.6 is 0 Å². The van der Waals surface area contributed by atoms with Gasteiger partial charge in [-0.3, -0.25) is 43.3 Å². The molecule has 26 heteroatoms. The highest BCUT2D eigenvalue weighted by Gasteiger charge is 2.40. The van der Waals surface area contributed by atoms with E-state index in [0.717, 1.165) is 4.90 Å². The van der Waals surface area contributed by atoms with Crippen molar-refractivity contribution < 1.29 is 68.7 Å². The van der Waals surface area contributed by atoms with Crippen molar-refractivity contribution in [2.75, 3.05) is 32.8 Å². The summed E-state index contributed by atoms with van der Waals surface area (Å²) in [5.41, 5.74) is 22.8. The van der Waals surface area contributed by atoms with Crippen molar-refractivity contribution in [1.82, 2.24) is 36.8 Å². The van der Waals surface area contributed by atoms with Crippen LogP contribution in [0, 0.1) is 5.92 Å². The third kappa shape index (κ3) is 19.0. The Bertz CT molecular complexity index is 1900. The van der Waals surface area contributed by atoms with Gasteiger partial charge in [0.1, 0.15) is 48.0 Å². The summed E-state index contributed by atoms with van der Waals surface area (Å²) in [4.78, 5) is 124. The molecule has 1 heterocycles. The minimum atomic E-state index is -1.91. The molecular formula is C41H66N12O14. The molecule has 1 aliphatic heterocycles. The summed E-state index contributed by atoms with van der Waals surface area (Å²) in [6.07, 6.45) is -0.0835. The van der Waals surface area contributed by atoms with Gasteiger partial charge in [0.2, 0.25) is 41.4 Å². The van der Waals surface area contributed by atoms with Gasteiger partial charge in [0.05, 0.1) is 25.7 Å². The van der Waals surface area contributed by atoms with Crippen LogP contribution in [0.1, 0.15) is 70.8 Å². The molecule has 7 amide bonds. The molecule has 26 nitrogen and oxygen atoms in total. The van der Waals surface area contributed by atoms with Crippen LogP contribution in [0.25, 0.3) is 0 Å². The van der Waals surface area contributed by atoms with Gasteiger partial charge in [-0.2, -0.15) is 0 Å². The number of nitrogens with one attached hydrogen (secondary N) is 6. The Morgan fingerprint density at radius 1 is 0.716 bits per heavy atom. The largest absolute Gasteiger partial charge is 0.508 e.